The molecule has 1 amide bonds. The highest BCUT2D eigenvalue weighted by Gasteiger charge is 2.38. The molecule has 0 unspecified atom stereocenters. The number of carbonyl (C=O) groups is 1. The van der Waals surface area contributed by atoms with Crippen LogP contribution in [0.1, 0.15) is 33.6 Å². The fourth-order valence-corrected chi connectivity index (χ4v) is 3.62. The van der Waals surface area contributed by atoms with E-state index in [4.69, 9.17) is 15.0 Å². The molecule has 0 atom stereocenters. The maximum Gasteiger partial charge on any atom is 0.410 e. The minimum atomic E-state index is -4.76. The summed E-state index contributed by atoms with van der Waals surface area (Å²) in [6.45, 7) is 5.08. The molecule has 2 rings (SSSR count). The molecule has 4 N–H and O–H groups in total. The van der Waals surface area contributed by atoms with Crippen molar-refractivity contribution in [3.63, 3.8) is 0 Å². The number of piperidine rings is 1. The Morgan fingerprint density at radius 2 is 1.97 bits per heavy atom. The van der Waals surface area contributed by atoms with E-state index in [1.54, 1.807) is 20.8 Å². The third-order valence-corrected chi connectivity index (χ3v) is 5.46. The van der Waals surface area contributed by atoms with Crippen molar-refractivity contribution < 1.29 is 31.8 Å². The first-order chi connectivity index (χ1) is 13.6. The van der Waals surface area contributed by atoms with E-state index in [1.165, 1.54) is 4.90 Å². The number of likely N-dealkylation sites (tertiary alicyclic amines) is 1. The Morgan fingerprint density at radius 3 is 2.43 bits per heavy atom. The number of nitrogens with two attached hydrogens (primary N) is 1. The van der Waals surface area contributed by atoms with Crippen LogP contribution in [0.4, 0.5) is 26.2 Å². The molecule has 1 aromatic rings. The lowest BCUT2D eigenvalue weighted by atomic mass is 9.93. The molecule has 0 aromatic heterocycles. The van der Waals surface area contributed by atoms with Crippen molar-refractivity contribution in [1.29, 1.82) is 0 Å². The van der Waals surface area contributed by atoms with Crippen LogP contribution >= 0.6 is 0 Å². The van der Waals surface area contributed by atoms with Gasteiger partial charge in [0.15, 0.2) is 0 Å². The van der Waals surface area contributed by atoms with Crippen LogP contribution in [0.2, 0.25) is 0 Å². The average molecular weight is 448 g/mol. The van der Waals surface area contributed by atoms with Gasteiger partial charge in [-0.25, -0.2) is 9.18 Å². The molecule has 1 saturated heterocycles. The van der Waals surface area contributed by atoms with Crippen LogP contribution < -0.4 is 11.1 Å². The van der Waals surface area contributed by atoms with Gasteiger partial charge in [0.05, 0.1) is 4.92 Å². The Bertz CT molecular complexity index is 938. The highest BCUT2D eigenvalue weighted by molar-refractivity contribution is 7.86. The first-order valence-corrected chi connectivity index (χ1v) is 10.5. The van der Waals surface area contributed by atoms with Crippen LogP contribution in [-0.2, 0) is 14.9 Å². The summed E-state index contributed by atoms with van der Waals surface area (Å²) in [6.07, 6.45) is -0.584. The van der Waals surface area contributed by atoms with E-state index in [0.29, 0.717) is 0 Å². The number of hydrogen-bond acceptors (Lipinski definition) is 8. The van der Waals surface area contributed by atoms with Crippen molar-refractivity contribution in [2.24, 2.45) is 0 Å². The van der Waals surface area contributed by atoms with Gasteiger partial charge in [-0.3, -0.25) is 14.7 Å². The van der Waals surface area contributed by atoms with E-state index < -0.39 is 48.7 Å². The van der Waals surface area contributed by atoms with E-state index in [-0.39, 0.29) is 38.2 Å². The molecule has 0 saturated carbocycles. The second-order valence-corrected chi connectivity index (χ2v) is 9.47. The number of nitro benzene ring substituents is 1. The van der Waals surface area contributed by atoms with Crippen molar-refractivity contribution in [3.05, 3.63) is 22.2 Å². The Morgan fingerprint density at radius 1 is 1.40 bits per heavy atom. The second-order valence-electron chi connectivity index (χ2n) is 8.08. The first kappa shape index (κ1) is 23.6. The van der Waals surface area contributed by atoms with Gasteiger partial charge in [-0.15, -0.1) is 0 Å². The zero-order valence-corrected chi connectivity index (χ0v) is 17.7. The molecule has 11 nitrogen and oxygen atoms in total. The van der Waals surface area contributed by atoms with Gasteiger partial charge in [-0.1, -0.05) is 0 Å². The summed E-state index contributed by atoms with van der Waals surface area (Å²) in [5, 5.41) is 13.9. The first-order valence-electron chi connectivity index (χ1n) is 9.08. The molecular formula is C17H25FN4O7S. The number of ether oxygens (including phenoxy) is 1. The number of rotatable bonds is 5. The summed E-state index contributed by atoms with van der Waals surface area (Å²) in [6, 6.07) is 1.94. The number of hydrogen-bond donors (Lipinski definition) is 3. The molecule has 0 bridgehead atoms. The number of halogens is 1. The van der Waals surface area contributed by atoms with Crippen molar-refractivity contribution in [1.82, 2.24) is 4.90 Å². The van der Waals surface area contributed by atoms with Crippen LogP contribution in [0.25, 0.3) is 0 Å². The zero-order valence-electron chi connectivity index (χ0n) is 16.8. The fourth-order valence-electron chi connectivity index (χ4n) is 3.00. The quantitative estimate of drug-likeness (QED) is 0.265. The summed E-state index contributed by atoms with van der Waals surface area (Å²) in [5.74, 6) is 0. The minimum absolute atomic E-state index is 0.0222. The van der Waals surface area contributed by atoms with Crippen LogP contribution in [0.3, 0.4) is 0 Å². The van der Waals surface area contributed by atoms with Gasteiger partial charge in [0.25, 0.3) is 10.1 Å². The molecule has 0 aliphatic carbocycles. The standard InChI is InChI=1S/C17H25FN4O7S/c1-16(2,3)29-15(23)21-8-6-17(18,7-9-21)10-20-11-4-5-12(30(26,27)28)13(19)14(11)22(24)25/h4-5,20H,6-10,19H2,1-3H3,(H,26,27,28). The zero-order chi connectivity index (χ0) is 22.9. The summed E-state index contributed by atoms with van der Waals surface area (Å²) >= 11 is 0. The molecule has 1 aliphatic heterocycles. The fraction of sp³-hybridized carbons (Fsp3) is 0.588. The molecule has 0 spiro atoms. The van der Waals surface area contributed by atoms with Gasteiger partial charge >= 0.3 is 11.8 Å². The van der Waals surface area contributed by atoms with E-state index >= 15 is 4.39 Å². The van der Waals surface area contributed by atoms with Crippen molar-refractivity contribution in [2.45, 2.75) is 49.8 Å². The van der Waals surface area contributed by atoms with Crippen LogP contribution in [0.15, 0.2) is 17.0 Å². The monoisotopic (exact) mass is 448 g/mol. The number of nitrogen functional groups attached to an aromatic ring is 1. The minimum Gasteiger partial charge on any atom is -0.444 e. The van der Waals surface area contributed by atoms with Crippen LogP contribution in [0, 0.1) is 10.1 Å². The highest BCUT2D eigenvalue weighted by atomic mass is 32.2. The largest absolute Gasteiger partial charge is 0.444 e. The normalized spacial score (nSPS) is 16.8. The number of amides is 1. The average Bonchev–Trinajstić information content (AvgIpc) is 2.57. The van der Waals surface area contributed by atoms with E-state index in [0.717, 1.165) is 12.1 Å². The second kappa shape index (κ2) is 8.22. The van der Waals surface area contributed by atoms with Crippen molar-refractivity contribution >= 4 is 33.3 Å². The molecule has 168 valence electrons. The number of alkyl halides is 1. The lowest BCUT2D eigenvalue weighted by molar-refractivity contribution is -0.383. The molecule has 1 aromatic carbocycles. The number of anilines is 2. The number of benzene rings is 1. The number of nitro groups is 1. The smallest absolute Gasteiger partial charge is 0.410 e. The summed E-state index contributed by atoms with van der Waals surface area (Å²) in [5.41, 5.74) is 1.40. The van der Waals surface area contributed by atoms with E-state index in [2.05, 4.69) is 5.32 Å². The third kappa shape index (κ3) is 5.69. The Hall–Kier alpha value is -2.67. The lowest BCUT2D eigenvalue weighted by Gasteiger charge is -2.37. The molecule has 0 radical (unpaired) electrons. The predicted octanol–water partition coefficient (Wildman–Crippen LogP) is 2.57. The number of nitrogens with zero attached hydrogens (tertiary/aromatic N) is 2. The predicted molar refractivity (Wildman–Crippen MR) is 107 cm³/mol. The Labute approximate surface area is 173 Å². The van der Waals surface area contributed by atoms with Gasteiger partial charge in [0.1, 0.15) is 27.5 Å². The molecular weight excluding hydrogens is 423 g/mol. The number of nitrogens with one attached hydrogen (secondary N) is 1. The van der Waals surface area contributed by atoms with Crippen molar-refractivity contribution in [3.8, 4) is 0 Å². The SMILES string of the molecule is CC(C)(C)OC(=O)N1CCC(F)(CNc2ccc(S(=O)(=O)O)c(N)c2[N+](=O)[O-])CC1. The summed E-state index contributed by atoms with van der Waals surface area (Å²) in [7, 11) is -4.76. The molecule has 1 heterocycles. The molecule has 1 aliphatic rings. The Kier molecular flexibility index (Phi) is 6.47. The molecule has 1 fully saturated rings. The maximum atomic E-state index is 15.2. The van der Waals surface area contributed by atoms with Gasteiger partial charge < -0.3 is 20.7 Å². The van der Waals surface area contributed by atoms with Crippen LogP contribution in [-0.4, -0.2) is 59.8 Å². The molecule has 13 heteroatoms. The highest BCUT2D eigenvalue weighted by Crippen LogP contribution is 2.37. The summed E-state index contributed by atoms with van der Waals surface area (Å²) < 4.78 is 52.1. The van der Waals surface area contributed by atoms with E-state index in [1.807, 2.05) is 0 Å². The van der Waals surface area contributed by atoms with Gasteiger partial charge in [-0.05, 0) is 32.9 Å². The lowest BCUT2D eigenvalue weighted by Crippen LogP contribution is -2.48. The third-order valence-electron chi connectivity index (χ3n) is 4.54. The van der Waals surface area contributed by atoms with E-state index in [9.17, 15) is 23.3 Å². The van der Waals surface area contributed by atoms with Crippen molar-refractivity contribution in [2.75, 3.05) is 30.7 Å². The van der Waals surface area contributed by atoms with Gasteiger partial charge in [0.2, 0.25) is 0 Å². The van der Waals surface area contributed by atoms with Gasteiger partial charge in [0, 0.05) is 32.5 Å². The van der Waals surface area contributed by atoms with Gasteiger partial charge in [-0.2, -0.15) is 8.42 Å². The summed E-state index contributed by atoms with van der Waals surface area (Å²) in [4.78, 5) is 23.1. The molecule has 30 heavy (non-hydrogen) atoms. The topological polar surface area (TPSA) is 165 Å². The van der Waals surface area contributed by atoms with Crippen LogP contribution in [0.5, 0.6) is 0 Å². The Balaban J connectivity index is 2.10. The maximum absolute atomic E-state index is 15.2. The number of carbonyl (C=O) groups excluding carboxylic acids is 1.